The smallest absolute Gasteiger partial charge is 0.244 e. The molecule has 2 aromatic rings. The van der Waals surface area contributed by atoms with E-state index in [1.165, 1.54) is 6.08 Å². The first-order chi connectivity index (χ1) is 8.75. The van der Waals surface area contributed by atoms with Crippen LogP contribution in [0.3, 0.4) is 0 Å². The second kappa shape index (κ2) is 5.81. The summed E-state index contributed by atoms with van der Waals surface area (Å²) in [6, 6.07) is 1.84. The summed E-state index contributed by atoms with van der Waals surface area (Å²) in [5.41, 5.74) is 1.89. The number of imidazole rings is 1. The highest BCUT2D eigenvalue weighted by molar-refractivity contribution is 5.91. The van der Waals surface area contributed by atoms with Gasteiger partial charge in [0.15, 0.2) is 0 Å². The molecule has 0 atom stereocenters. The maximum atomic E-state index is 11.5. The van der Waals surface area contributed by atoms with Crippen LogP contribution in [-0.2, 0) is 18.3 Å². The monoisotopic (exact) mass is 245 g/mol. The van der Waals surface area contributed by atoms with E-state index in [2.05, 4.69) is 20.4 Å². The summed E-state index contributed by atoms with van der Waals surface area (Å²) in [5.74, 6) is -0.115. The van der Waals surface area contributed by atoms with Crippen molar-refractivity contribution in [2.24, 2.45) is 7.05 Å². The molecular weight excluding hydrogens is 230 g/mol. The maximum absolute atomic E-state index is 11.5. The second-order valence-electron chi connectivity index (χ2n) is 3.83. The van der Waals surface area contributed by atoms with E-state index in [-0.39, 0.29) is 5.91 Å². The van der Waals surface area contributed by atoms with Gasteiger partial charge >= 0.3 is 0 Å². The molecule has 0 fully saturated rings. The number of aryl methyl sites for hydroxylation is 1. The van der Waals surface area contributed by atoms with Crippen LogP contribution in [0.2, 0.25) is 0 Å². The fourth-order valence-corrected chi connectivity index (χ4v) is 1.51. The van der Waals surface area contributed by atoms with Crippen molar-refractivity contribution in [2.75, 3.05) is 6.54 Å². The predicted molar refractivity (Wildman–Crippen MR) is 67.5 cm³/mol. The Kier molecular flexibility index (Phi) is 3.90. The maximum Gasteiger partial charge on any atom is 0.244 e. The highest BCUT2D eigenvalue weighted by Gasteiger charge is 1.98. The number of carbonyl (C=O) groups is 1. The number of rotatable bonds is 5. The van der Waals surface area contributed by atoms with Crippen LogP contribution in [0.1, 0.15) is 11.4 Å². The normalized spacial score (nSPS) is 10.9. The molecule has 0 saturated carbocycles. The molecule has 0 aliphatic carbocycles. The molecule has 18 heavy (non-hydrogen) atoms. The van der Waals surface area contributed by atoms with E-state index in [0.717, 1.165) is 17.8 Å². The van der Waals surface area contributed by atoms with Gasteiger partial charge in [-0.15, -0.1) is 0 Å². The minimum atomic E-state index is -0.115. The Morgan fingerprint density at radius 1 is 1.61 bits per heavy atom. The molecule has 0 spiro atoms. The molecule has 0 aromatic carbocycles. The summed E-state index contributed by atoms with van der Waals surface area (Å²) >= 11 is 0. The molecule has 1 amide bonds. The highest BCUT2D eigenvalue weighted by Crippen LogP contribution is 1.98. The Labute approximate surface area is 105 Å². The molecule has 0 bridgehead atoms. The number of amides is 1. The van der Waals surface area contributed by atoms with Crippen molar-refractivity contribution < 1.29 is 4.79 Å². The van der Waals surface area contributed by atoms with Gasteiger partial charge in [-0.05, 0) is 12.1 Å². The molecule has 0 aliphatic rings. The van der Waals surface area contributed by atoms with Gasteiger partial charge in [0.2, 0.25) is 5.91 Å². The van der Waals surface area contributed by atoms with E-state index in [9.17, 15) is 4.79 Å². The first kappa shape index (κ1) is 12.1. The Morgan fingerprint density at radius 2 is 2.50 bits per heavy atom. The lowest BCUT2D eigenvalue weighted by Gasteiger charge is -2.00. The van der Waals surface area contributed by atoms with Gasteiger partial charge in [-0.2, -0.15) is 5.10 Å². The fraction of sp³-hybridized carbons (Fsp3) is 0.250. The predicted octanol–water partition coefficient (Wildman–Crippen LogP) is 0.515. The van der Waals surface area contributed by atoms with E-state index < -0.39 is 0 Å². The van der Waals surface area contributed by atoms with Gasteiger partial charge in [-0.25, -0.2) is 4.98 Å². The summed E-state index contributed by atoms with van der Waals surface area (Å²) in [7, 11) is 1.83. The zero-order valence-electron chi connectivity index (χ0n) is 10.1. The average molecular weight is 245 g/mol. The number of aromatic amines is 1. The largest absolute Gasteiger partial charge is 0.352 e. The Bertz CT molecular complexity index is 526. The summed E-state index contributed by atoms with van der Waals surface area (Å²) < 4.78 is 1.70. The van der Waals surface area contributed by atoms with Crippen molar-refractivity contribution in [3.05, 3.63) is 42.3 Å². The standard InChI is InChI=1S/C12H15N5O/c1-17-11(5-7-16-17)2-3-12(18)14-6-4-10-8-13-9-15-10/h2-3,5,7-9H,4,6H2,1H3,(H,13,15)(H,14,18). The Morgan fingerprint density at radius 3 is 3.17 bits per heavy atom. The van der Waals surface area contributed by atoms with Crippen LogP contribution in [0.25, 0.3) is 6.08 Å². The number of hydrogen-bond acceptors (Lipinski definition) is 3. The SMILES string of the molecule is Cn1nccc1C=CC(=O)NCCc1cnc[nH]1. The third kappa shape index (κ3) is 3.31. The van der Waals surface area contributed by atoms with Gasteiger partial charge in [0.1, 0.15) is 0 Å². The van der Waals surface area contributed by atoms with Gasteiger partial charge in [-0.3, -0.25) is 9.48 Å². The van der Waals surface area contributed by atoms with Crippen LogP contribution in [0.4, 0.5) is 0 Å². The number of hydrogen-bond donors (Lipinski definition) is 2. The van der Waals surface area contributed by atoms with Crippen LogP contribution < -0.4 is 5.32 Å². The number of aromatic nitrogens is 4. The lowest BCUT2D eigenvalue weighted by atomic mass is 10.3. The number of nitrogens with one attached hydrogen (secondary N) is 2. The van der Waals surface area contributed by atoms with Crippen LogP contribution in [-0.4, -0.2) is 32.2 Å². The van der Waals surface area contributed by atoms with Crippen molar-refractivity contribution in [1.29, 1.82) is 0 Å². The second-order valence-corrected chi connectivity index (χ2v) is 3.83. The summed E-state index contributed by atoms with van der Waals surface area (Å²) in [6.45, 7) is 0.580. The molecule has 6 nitrogen and oxygen atoms in total. The number of H-pyrrole nitrogens is 1. The number of carbonyl (C=O) groups excluding carboxylic acids is 1. The van der Waals surface area contributed by atoms with Crippen LogP contribution >= 0.6 is 0 Å². The van der Waals surface area contributed by atoms with Gasteiger partial charge < -0.3 is 10.3 Å². The van der Waals surface area contributed by atoms with E-state index in [1.807, 2.05) is 13.1 Å². The molecular formula is C12H15N5O. The molecule has 6 heteroatoms. The van der Waals surface area contributed by atoms with Gasteiger partial charge in [0, 0.05) is 44.2 Å². The van der Waals surface area contributed by atoms with E-state index in [0.29, 0.717) is 6.54 Å². The Hall–Kier alpha value is -2.37. The van der Waals surface area contributed by atoms with Crippen molar-refractivity contribution in [3.8, 4) is 0 Å². The molecule has 0 unspecified atom stereocenters. The average Bonchev–Trinajstić information content (AvgIpc) is 2.98. The summed E-state index contributed by atoms with van der Waals surface area (Å²) in [4.78, 5) is 18.4. The van der Waals surface area contributed by atoms with Crippen LogP contribution in [0.5, 0.6) is 0 Å². The quantitative estimate of drug-likeness (QED) is 0.754. The lowest BCUT2D eigenvalue weighted by molar-refractivity contribution is -0.116. The van der Waals surface area contributed by atoms with E-state index >= 15 is 0 Å². The van der Waals surface area contributed by atoms with Crippen molar-refractivity contribution in [3.63, 3.8) is 0 Å². The van der Waals surface area contributed by atoms with Crippen LogP contribution in [0, 0.1) is 0 Å². The molecule has 0 aliphatic heterocycles. The molecule has 0 radical (unpaired) electrons. The van der Waals surface area contributed by atoms with Gasteiger partial charge in [-0.1, -0.05) is 0 Å². The first-order valence-electron chi connectivity index (χ1n) is 5.67. The van der Waals surface area contributed by atoms with Crippen molar-refractivity contribution in [2.45, 2.75) is 6.42 Å². The third-order valence-electron chi connectivity index (χ3n) is 2.51. The zero-order chi connectivity index (χ0) is 12.8. The van der Waals surface area contributed by atoms with E-state index in [1.54, 1.807) is 29.5 Å². The highest BCUT2D eigenvalue weighted by atomic mass is 16.1. The molecule has 94 valence electrons. The first-order valence-corrected chi connectivity index (χ1v) is 5.67. The Balaban J connectivity index is 1.75. The molecule has 2 heterocycles. The minimum absolute atomic E-state index is 0.115. The van der Waals surface area contributed by atoms with Gasteiger partial charge in [0.05, 0.1) is 12.0 Å². The van der Waals surface area contributed by atoms with Crippen molar-refractivity contribution >= 4 is 12.0 Å². The molecule has 2 N–H and O–H groups in total. The molecule has 2 aromatic heterocycles. The molecule has 0 saturated heterocycles. The minimum Gasteiger partial charge on any atom is -0.352 e. The van der Waals surface area contributed by atoms with E-state index in [4.69, 9.17) is 0 Å². The topological polar surface area (TPSA) is 75.6 Å². The van der Waals surface area contributed by atoms with Gasteiger partial charge in [0.25, 0.3) is 0 Å². The fourth-order valence-electron chi connectivity index (χ4n) is 1.51. The number of nitrogens with zero attached hydrogens (tertiary/aromatic N) is 3. The van der Waals surface area contributed by atoms with Crippen molar-refractivity contribution in [1.82, 2.24) is 25.1 Å². The third-order valence-corrected chi connectivity index (χ3v) is 2.51. The van der Waals surface area contributed by atoms with Crippen LogP contribution in [0.15, 0.2) is 30.9 Å². The summed E-state index contributed by atoms with van der Waals surface area (Å²) in [6.07, 6.45) is 9.04. The summed E-state index contributed by atoms with van der Waals surface area (Å²) in [5, 5.41) is 6.81. The zero-order valence-corrected chi connectivity index (χ0v) is 10.1. The molecule has 2 rings (SSSR count). The lowest BCUT2D eigenvalue weighted by Crippen LogP contribution is -2.23.